The number of nitrogens with one attached hydrogen (secondary N) is 1. The number of hydrogen-bond acceptors (Lipinski definition) is 4. The molecule has 1 aliphatic rings. The van der Waals surface area contributed by atoms with Gasteiger partial charge in [-0.2, -0.15) is 4.98 Å². The van der Waals surface area contributed by atoms with Crippen LogP contribution in [0.3, 0.4) is 0 Å². The Morgan fingerprint density at radius 1 is 1.20 bits per heavy atom. The van der Waals surface area contributed by atoms with Gasteiger partial charge >= 0.3 is 0 Å². The summed E-state index contributed by atoms with van der Waals surface area (Å²) in [6.07, 6.45) is 5.25. The molecule has 0 spiro atoms. The highest BCUT2D eigenvalue weighted by Gasteiger charge is 2.19. The van der Waals surface area contributed by atoms with E-state index >= 15 is 0 Å². The van der Waals surface area contributed by atoms with Gasteiger partial charge in [0.2, 0.25) is 5.89 Å². The third-order valence-corrected chi connectivity index (χ3v) is 3.62. The van der Waals surface area contributed by atoms with Gasteiger partial charge in [0.25, 0.3) is 0 Å². The summed E-state index contributed by atoms with van der Waals surface area (Å²) in [5.41, 5.74) is 0.968. The van der Waals surface area contributed by atoms with Crippen molar-refractivity contribution < 1.29 is 8.91 Å². The molecule has 106 valence electrons. The molecule has 1 atom stereocenters. The number of aromatic nitrogens is 2. The van der Waals surface area contributed by atoms with E-state index in [1.54, 1.807) is 12.1 Å². The molecule has 1 N–H and O–H groups in total. The van der Waals surface area contributed by atoms with Crippen LogP contribution in [-0.4, -0.2) is 16.7 Å². The average molecular weight is 275 g/mol. The lowest BCUT2D eigenvalue weighted by Gasteiger charge is -2.09. The van der Waals surface area contributed by atoms with Crippen molar-refractivity contribution in [1.29, 1.82) is 0 Å². The lowest BCUT2D eigenvalue weighted by atomic mass is 10.1. The maximum absolute atomic E-state index is 12.9. The summed E-state index contributed by atoms with van der Waals surface area (Å²) in [5.74, 6) is 1.09. The second kappa shape index (κ2) is 6.13. The second-order valence-electron chi connectivity index (χ2n) is 5.21. The van der Waals surface area contributed by atoms with E-state index in [9.17, 15) is 4.39 Å². The summed E-state index contributed by atoms with van der Waals surface area (Å²) < 4.78 is 18.1. The van der Waals surface area contributed by atoms with Crippen LogP contribution in [0.4, 0.5) is 4.39 Å². The highest BCUT2D eigenvalue weighted by atomic mass is 19.1. The fourth-order valence-corrected chi connectivity index (χ4v) is 2.51. The third-order valence-electron chi connectivity index (χ3n) is 3.62. The van der Waals surface area contributed by atoms with Gasteiger partial charge in [-0.15, -0.1) is 0 Å². The Hall–Kier alpha value is -1.75. The molecule has 2 aromatic rings. The summed E-state index contributed by atoms with van der Waals surface area (Å²) in [6, 6.07) is 6.56. The van der Waals surface area contributed by atoms with E-state index in [1.807, 2.05) is 0 Å². The van der Waals surface area contributed by atoms with Gasteiger partial charge in [0, 0.05) is 0 Å². The molecule has 0 saturated carbocycles. The highest BCUT2D eigenvalue weighted by Crippen LogP contribution is 2.20. The summed E-state index contributed by atoms with van der Waals surface area (Å²) in [7, 11) is 0. The minimum atomic E-state index is -0.234. The molecule has 2 heterocycles. The molecule has 1 unspecified atom stereocenters. The molecule has 3 rings (SSSR count). The maximum atomic E-state index is 12.9. The normalized spacial score (nSPS) is 19.8. The van der Waals surface area contributed by atoms with Crippen LogP contribution in [0, 0.1) is 5.82 Å². The van der Waals surface area contributed by atoms with E-state index in [0.717, 1.165) is 24.4 Å². The van der Waals surface area contributed by atoms with Crippen LogP contribution in [0.2, 0.25) is 0 Å². The second-order valence-corrected chi connectivity index (χ2v) is 5.21. The molecule has 1 aromatic carbocycles. The van der Waals surface area contributed by atoms with Crippen LogP contribution in [0.5, 0.6) is 0 Å². The summed E-state index contributed by atoms with van der Waals surface area (Å²) in [5, 5.41) is 7.52. The van der Waals surface area contributed by atoms with E-state index in [0.29, 0.717) is 12.3 Å². The Kier molecular flexibility index (Phi) is 4.06. The van der Waals surface area contributed by atoms with Gasteiger partial charge < -0.3 is 9.84 Å². The summed E-state index contributed by atoms with van der Waals surface area (Å²) in [4.78, 5) is 4.46. The molecule has 5 heteroatoms. The van der Waals surface area contributed by atoms with E-state index in [1.165, 1.54) is 31.4 Å². The first-order valence-electron chi connectivity index (χ1n) is 7.11. The number of nitrogens with zero attached hydrogens (tertiary/aromatic N) is 2. The topological polar surface area (TPSA) is 51.0 Å². The monoisotopic (exact) mass is 275 g/mol. The number of halogens is 1. The van der Waals surface area contributed by atoms with Gasteiger partial charge in [-0.25, -0.2) is 4.39 Å². The van der Waals surface area contributed by atoms with Crippen molar-refractivity contribution in [3.05, 3.63) is 47.4 Å². The third kappa shape index (κ3) is 3.22. The zero-order valence-corrected chi connectivity index (χ0v) is 11.3. The van der Waals surface area contributed by atoms with Crippen LogP contribution in [0.25, 0.3) is 0 Å². The van der Waals surface area contributed by atoms with Gasteiger partial charge in [0.1, 0.15) is 5.82 Å². The highest BCUT2D eigenvalue weighted by molar-refractivity contribution is 5.19. The van der Waals surface area contributed by atoms with Gasteiger partial charge in [-0.3, -0.25) is 0 Å². The first-order valence-corrected chi connectivity index (χ1v) is 7.11. The van der Waals surface area contributed by atoms with Crippen molar-refractivity contribution in [2.75, 3.05) is 6.54 Å². The average Bonchev–Trinajstić information content (AvgIpc) is 2.74. The lowest BCUT2D eigenvalue weighted by molar-refractivity contribution is 0.369. The van der Waals surface area contributed by atoms with E-state index in [-0.39, 0.29) is 11.9 Å². The van der Waals surface area contributed by atoms with E-state index in [4.69, 9.17) is 4.52 Å². The van der Waals surface area contributed by atoms with E-state index < -0.39 is 0 Å². The standard InChI is InChI=1S/C15H18FN3O/c16-12-7-5-11(6-8-12)10-14-18-15(19-20-14)13-4-2-1-3-9-17-13/h5-8,13,17H,1-4,9-10H2. The molecule has 1 aromatic heterocycles. The van der Waals surface area contributed by atoms with Gasteiger partial charge in [0.05, 0.1) is 12.5 Å². The molecule has 1 saturated heterocycles. The lowest BCUT2D eigenvalue weighted by Crippen LogP contribution is -2.21. The van der Waals surface area contributed by atoms with Crippen LogP contribution in [-0.2, 0) is 6.42 Å². The minimum absolute atomic E-state index is 0.197. The maximum Gasteiger partial charge on any atom is 0.231 e. The molecule has 1 fully saturated rings. The zero-order valence-electron chi connectivity index (χ0n) is 11.3. The van der Waals surface area contributed by atoms with Gasteiger partial charge in [-0.1, -0.05) is 30.1 Å². The van der Waals surface area contributed by atoms with Crippen molar-refractivity contribution in [2.45, 2.75) is 38.1 Å². The molecule has 4 nitrogen and oxygen atoms in total. The van der Waals surface area contributed by atoms with Gasteiger partial charge in [0.15, 0.2) is 5.82 Å². The number of benzene rings is 1. The Morgan fingerprint density at radius 3 is 2.90 bits per heavy atom. The summed E-state index contributed by atoms with van der Waals surface area (Å²) >= 11 is 0. The fourth-order valence-electron chi connectivity index (χ4n) is 2.51. The number of hydrogen-bond donors (Lipinski definition) is 1. The SMILES string of the molecule is Fc1ccc(Cc2nc(C3CCCCCN3)no2)cc1. The molecule has 0 aliphatic carbocycles. The Labute approximate surface area is 117 Å². The Bertz CT molecular complexity index is 545. The Balaban J connectivity index is 1.68. The first-order chi connectivity index (χ1) is 9.81. The molecular formula is C15H18FN3O. The fraction of sp³-hybridized carbons (Fsp3) is 0.467. The van der Waals surface area contributed by atoms with Crippen LogP contribution in [0.15, 0.2) is 28.8 Å². The molecule has 20 heavy (non-hydrogen) atoms. The smallest absolute Gasteiger partial charge is 0.231 e. The number of rotatable bonds is 3. The molecule has 0 radical (unpaired) electrons. The van der Waals surface area contributed by atoms with Crippen molar-refractivity contribution in [3.63, 3.8) is 0 Å². The minimum Gasteiger partial charge on any atom is -0.339 e. The van der Waals surface area contributed by atoms with Crippen LogP contribution >= 0.6 is 0 Å². The molecular weight excluding hydrogens is 257 g/mol. The quantitative estimate of drug-likeness (QED) is 0.935. The zero-order chi connectivity index (χ0) is 13.8. The largest absolute Gasteiger partial charge is 0.339 e. The summed E-state index contributed by atoms with van der Waals surface area (Å²) in [6.45, 7) is 1.01. The van der Waals surface area contributed by atoms with Crippen molar-refractivity contribution in [2.24, 2.45) is 0 Å². The van der Waals surface area contributed by atoms with Crippen molar-refractivity contribution in [1.82, 2.24) is 15.5 Å². The molecule has 1 aliphatic heterocycles. The van der Waals surface area contributed by atoms with Crippen molar-refractivity contribution >= 4 is 0 Å². The molecule has 0 amide bonds. The molecule has 0 bridgehead atoms. The van der Waals surface area contributed by atoms with Crippen molar-refractivity contribution in [3.8, 4) is 0 Å². The van der Waals surface area contributed by atoms with Crippen LogP contribution in [0.1, 0.15) is 49.0 Å². The van der Waals surface area contributed by atoms with Crippen LogP contribution < -0.4 is 5.32 Å². The predicted octanol–water partition coefficient (Wildman–Crippen LogP) is 3.00. The van der Waals surface area contributed by atoms with E-state index in [2.05, 4.69) is 15.5 Å². The first kappa shape index (κ1) is 13.2. The Morgan fingerprint density at radius 2 is 2.05 bits per heavy atom. The predicted molar refractivity (Wildman–Crippen MR) is 72.7 cm³/mol. The van der Waals surface area contributed by atoms with Gasteiger partial charge in [-0.05, 0) is 37.1 Å².